The zero-order valence-electron chi connectivity index (χ0n) is 15.3. The lowest BCUT2D eigenvalue weighted by atomic mass is 9.99. The third-order valence-electron chi connectivity index (χ3n) is 5.66. The van der Waals surface area contributed by atoms with Gasteiger partial charge in [0.1, 0.15) is 0 Å². The monoisotopic (exact) mass is 397 g/mol. The first-order chi connectivity index (χ1) is 13.7. The highest BCUT2D eigenvalue weighted by molar-refractivity contribution is 6.30. The molecule has 0 spiro atoms. The molecule has 1 aromatic carbocycles. The summed E-state index contributed by atoms with van der Waals surface area (Å²) >= 11 is 6.10. The van der Waals surface area contributed by atoms with Crippen LogP contribution in [-0.2, 0) is 10.2 Å². The van der Waals surface area contributed by atoms with Crippen molar-refractivity contribution in [2.75, 3.05) is 31.1 Å². The second-order valence-electron chi connectivity index (χ2n) is 7.39. The van der Waals surface area contributed by atoms with Gasteiger partial charge in [-0.15, -0.1) is 0 Å². The molecule has 2 aromatic heterocycles. The van der Waals surface area contributed by atoms with E-state index < -0.39 is 5.41 Å². The van der Waals surface area contributed by atoms with Gasteiger partial charge in [-0.05, 0) is 43.2 Å². The minimum absolute atomic E-state index is 0.150. The van der Waals surface area contributed by atoms with Crippen molar-refractivity contribution in [3.05, 3.63) is 59.4 Å². The van der Waals surface area contributed by atoms with Crippen LogP contribution in [0.4, 0.5) is 5.69 Å². The number of benzene rings is 1. The van der Waals surface area contributed by atoms with Gasteiger partial charge in [0.05, 0.1) is 17.4 Å². The summed E-state index contributed by atoms with van der Waals surface area (Å²) in [6.45, 7) is 2.96. The number of anilines is 1. The van der Waals surface area contributed by atoms with Crippen molar-refractivity contribution in [3.8, 4) is 11.5 Å². The number of carbonyl (C=O) groups is 1. The second kappa shape index (κ2) is 6.71. The molecule has 6 nitrogen and oxygen atoms in total. The highest BCUT2D eigenvalue weighted by Gasteiger charge is 2.55. The van der Waals surface area contributed by atoms with Crippen LogP contribution >= 0.6 is 11.6 Å². The molecule has 2 aliphatic rings. The molecule has 0 atom stereocenters. The number of rotatable bonds is 4. The molecule has 0 unspecified atom stereocenters. The van der Waals surface area contributed by atoms with Crippen LogP contribution in [-0.4, -0.2) is 42.1 Å². The zero-order valence-corrected chi connectivity index (χ0v) is 16.1. The largest absolute Gasteiger partial charge is 0.461 e. The second-order valence-corrected chi connectivity index (χ2v) is 7.83. The number of amides is 1. The number of nitrogens with zero attached hydrogens (tertiary/aromatic N) is 3. The van der Waals surface area contributed by atoms with Crippen LogP contribution in [0.3, 0.4) is 0 Å². The van der Waals surface area contributed by atoms with E-state index in [9.17, 15) is 4.79 Å². The summed E-state index contributed by atoms with van der Waals surface area (Å²) in [4.78, 5) is 17.5. The Kier molecular flexibility index (Phi) is 4.16. The maximum Gasteiger partial charge on any atom is 0.235 e. The SMILES string of the molecule is O=C(N1CCN(c2cccc(Cl)c2)CC1)C1(c2cc(-c3ccco3)on2)CC1. The zero-order chi connectivity index (χ0) is 19.1. The molecule has 1 aliphatic heterocycles. The Morgan fingerprint density at radius 1 is 1.04 bits per heavy atom. The Bertz CT molecular complexity index is 986. The van der Waals surface area contributed by atoms with E-state index in [0.717, 1.165) is 36.6 Å². The quantitative estimate of drug-likeness (QED) is 0.666. The first-order valence-electron chi connectivity index (χ1n) is 9.47. The van der Waals surface area contributed by atoms with E-state index in [1.54, 1.807) is 12.3 Å². The van der Waals surface area contributed by atoms with Crippen LogP contribution in [0.2, 0.25) is 5.02 Å². The highest BCUT2D eigenvalue weighted by atomic mass is 35.5. The summed E-state index contributed by atoms with van der Waals surface area (Å²) in [6, 6.07) is 13.3. The first-order valence-corrected chi connectivity index (χ1v) is 9.84. The number of carbonyl (C=O) groups excluding carboxylic acids is 1. The van der Waals surface area contributed by atoms with Crippen LogP contribution in [0.1, 0.15) is 18.5 Å². The minimum Gasteiger partial charge on any atom is -0.461 e. The van der Waals surface area contributed by atoms with Crippen LogP contribution < -0.4 is 4.90 Å². The lowest BCUT2D eigenvalue weighted by Gasteiger charge is -2.37. The predicted molar refractivity (Wildman–Crippen MR) is 105 cm³/mol. The molecular weight excluding hydrogens is 378 g/mol. The van der Waals surface area contributed by atoms with Crippen molar-refractivity contribution < 1.29 is 13.7 Å². The summed E-state index contributed by atoms with van der Waals surface area (Å²) < 4.78 is 10.8. The maximum atomic E-state index is 13.3. The lowest BCUT2D eigenvalue weighted by Crippen LogP contribution is -2.51. The van der Waals surface area contributed by atoms with Gasteiger partial charge in [-0.2, -0.15) is 0 Å². The molecule has 1 saturated heterocycles. The van der Waals surface area contributed by atoms with Crippen LogP contribution in [0, 0.1) is 0 Å². The standard InChI is InChI=1S/C21H20ClN3O3/c22-15-3-1-4-16(13-15)24-8-10-25(11-9-24)20(26)21(6-7-21)19-14-18(28-23-19)17-5-2-12-27-17/h1-5,12-14H,6-11H2. The third-order valence-corrected chi connectivity index (χ3v) is 5.90. The Hall–Kier alpha value is -2.73. The number of halogens is 1. The molecule has 1 amide bonds. The van der Waals surface area contributed by atoms with Gasteiger partial charge in [0.2, 0.25) is 11.7 Å². The van der Waals surface area contributed by atoms with Crippen molar-refractivity contribution in [1.82, 2.24) is 10.1 Å². The fourth-order valence-electron chi connectivity index (χ4n) is 3.88. The molecule has 5 rings (SSSR count). The van der Waals surface area contributed by atoms with Crippen LogP contribution in [0.25, 0.3) is 11.5 Å². The highest BCUT2D eigenvalue weighted by Crippen LogP contribution is 2.50. The van der Waals surface area contributed by atoms with E-state index in [2.05, 4.69) is 16.1 Å². The molecule has 1 saturated carbocycles. The minimum atomic E-state index is -0.535. The Labute approximate surface area is 167 Å². The number of hydrogen-bond acceptors (Lipinski definition) is 5. The van der Waals surface area contributed by atoms with Gasteiger partial charge in [0, 0.05) is 43.0 Å². The van der Waals surface area contributed by atoms with Crippen LogP contribution in [0.5, 0.6) is 0 Å². The van der Waals surface area contributed by atoms with Crippen molar-refractivity contribution >= 4 is 23.2 Å². The average Bonchev–Trinajstić information content (AvgIpc) is 3.12. The molecule has 28 heavy (non-hydrogen) atoms. The molecule has 3 heterocycles. The van der Waals surface area contributed by atoms with E-state index in [1.807, 2.05) is 35.2 Å². The maximum absolute atomic E-state index is 13.3. The fraction of sp³-hybridized carbons (Fsp3) is 0.333. The Morgan fingerprint density at radius 3 is 2.54 bits per heavy atom. The molecule has 1 aliphatic carbocycles. The van der Waals surface area contributed by atoms with Crippen molar-refractivity contribution in [1.29, 1.82) is 0 Å². The molecule has 0 N–H and O–H groups in total. The molecule has 144 valence electrons. The third kappa shape index (κ3) is 2.98. The lowest BCUT2D eigenvalue weighted by molar-refractivity contribution is -0.134. The van der Waals surface area contributed by atoms with Gasteiger partial charge in [-0.25, -0.2) is 0 Å². The van der Waals surface area contributed by atoms with Crippen LogP contribution in [0.15, 0.2) is 57.7 Å². The summed E-state index contributed by atoms with van der Waals surface area (Å²) in [5.41, 5.74) is 1.27. The van der Waals surface area contributed by atoms with Gasteiger partial charge in [-0.3, -0.25) is 4.79 Å². The van der Waals surface area contributed by atoms with Gasteiger partial charge < -0.3 is 18.7 Å². The summed E-state index contributed by atoms with van der Waals surface area (Å²) in [6.07, 6.45) is 3.21. The topological polar surface area (TPSA) is 62.7 Å². The summed E-state index contributed by atoms with van der Waals surface area (Å²) in [5, 5.41) is 4.92. The molecular formula is C21H20ClN3O3. The first kappa shape index (κ1) is 17.4. The van der Waals surface area contributed by atoms with E-state index in [-0.39, 0.29) is 5.91 Å². The average molecular weight is 398 g/mol. The number of furan rings is 1. The Balaban J connectivity index is 1.28. The normalized spacial score (nSPS) is 18.3. The number of piperazine rings is 1. The van der Waals surface area contributed by atoms with E-state index in [0.29, 0.717) is 30.3 Å². The van der Waals surface area contributed by atoms with Gasteiger partial charge in [-0.1, -0.05) is 22.8 Å². The molecule has 3 aromatic rings. The molecule has 2 fully saturated rings. The van der Waals surface area contributed by atoms with E-state index in [4.69, 9.17) is 20.5 Å². The summed E-state index contributed by atoms with van der Waals surface area (Å²) in [7, 11) is 0. The van der Waals surface area contributed by atoms with Gasteiger partial charge >= 0.3 is 0 Å². The molecule has 0 bridgehead atoms. The molecule has 7 heteroatoms. The number of aromatic nitrogens is 1. The number of hydrogen-bond donors (Lipinski definition) is 0. The van der Waals surface area contributed by atoms with E-state index >= 15 is 0 Å². The van der Waals surface area contributed by atoms with Gasteiger partial charge in [0.25, 0.3) is 0 Å². The Morgan fingerprint density at radius 2 is 1.86 bits per heavy atom. The summed E-state index contributed by atoms with van der Waals surface area (Å²) in [5.74, 6) is 1.33. The van der Waals surface area contributed by atoms with E-state index in [1.165, 1.54) is 0 Å². The van der Waals surface area contributed by atoms with Crippen molar-refractivity contribution in [2.24, 2.45) is 0 Å². The predicted octanol–water partition coefficient (Wildman–Crippen LogP) is 3.97. The van der Waals surface area contributed by atoms with Crippen molar-refractivity contribution in [2.45, 2.75) is 18.3 Å². The molecule has 0 radical (unpaired) electrons. The smallest absolute Gasteiger partial charge is 0.235 e. The van der Waals surface area contributed by atoms with Crippen molar-refractivity contribution in [3.63, 3.8) is 0 Å². The van der Waals surface area contributed by atoms with Gasteiger partial charge in [0.15, 0.2) is 5.76 Å². The fourth-order valence-corrected chi connectivity index (χ4v) is 4.07.